The molecule has 0 N–H and O–H groups in total. The number of nitrogens with zero attached hydrogens (tertiary/aromatic N) is 1. The molecule has 0 radical (unpaired) electrons. The number of rotatable bonds is 1. The molecule has 1 aliphatic rings. The van der Waals surface area contributed by atoms with Crippen molar-refractivity contribution in [2.45, 2.75) is 13.3 Å². The van der Waals surface area contributed by atoms with E-state index in [1.807, 2.05) is 0 Å². The van der Waals surface area contributed by atoms with Gasteiger partial charge in [0.2, 0.25) is 6.54 Å². The van der Waals surface area contributed by atoms with Crippen molar-refractivity contribution in [3.8, 4) is 0 Å². The summed E-state index contributed by atoms with van der Waals surface area (Å²) < 4.78 is 0. The number of hydrogen-bond donors (Lipinski definition) is 0. The first kappa shape index (κ1) is 4.64. The van der Waals surface area contributed by atoms with Crippen LogP contribution in [0.25, 0.3) is 4.85 Å². The van der Waals surface area contributed by atoms with Gasteiger partial charge in [-0.05, 0) is 12.3 Å². The van der Waals surface area contributed by atoms with Crippen LogP contribution < -0.4 is 0 Å². The summed E-state index contributed by atoms with van der Waals surface area (Å²) in [7, 11) is 0. The molecule has 0 heterocycles. The zero-order chi connectivity index (χ0) is 5.28. The molecule has 0 bridgehead atoms. The molecule has 1 fully saturated rings. The van der Waals surface area contributed by atoms with E-state index in [1.54, 1.807) is 0 Å². The van der Waals surface area contributed by atoms with Crippen molar-refractivity contribution < 1.29 is 0 Å². The summed E-state index contributed by atoms with van der Waals surface area (Å²) in [5.74, 6) is 1.62. The van der Waals surface area contributed by atoms with Gasteiger partial charge < -0.3 is 4.85 Å². The lowest BCUT2D eigenvalue weighted by molar-refractivity contribution is 0.810. The zero-order valence-electron chi connectivity index (χ0n) is 4.52. The fourth-order valence-electron chi connectivity index (χ4n) is 0.771. The summed E-state index contributed by atoms with van der Waals surface area (Å²) in [5.41, 5.74) is 0. The zero-order valence-corrected chi connectivity index (χ0v) is 4.52. The Morgan fingerprint density at radius 3 is 2.57 bits per heavy atom. The predicted molar refractivity (Wildman–Crippen MR) is 28.7 cm³/mol. The largest absolute Gasteiger partial charge is 0.317 e. The van der Waals surface area contributed by atoms with Crippen molar-refractivity contribution in [2.75, 3.05) is 6.54 Å². The Morgan fingerprint density at radius 2 is 2.43 bits per heavy atom. The molecule has 0 unspecified atom stereocenters. The fourth-order valence-corrected chi connectivity index (χ4v) is 0.771. The fraction of sp³-hybridized carbons (Fsp3) is 0.833. The Labute approximate surface area is 44.2 Å². The molecule has 0 amide bonds. The van der Waals surface area contributed by atoms with Gasteiger partial charge in [-0.2, -0.15) is 0 Å². The first-order valence-electron chi connectivity index (χ1n) is 2.68. The molecule has 1 saturated carbocycles. The summed E-state index contributed by atoms with van der Waals surface area (Å²) >= 11 is 0. The summed E-state index contributed by atoms with van der Waals surface area (Å²) in [4.78, 5) is 3.30. The van der Waals surface area contributed by atoms with Crippen LogP contribution in [0.15, 0.2) is 0 Å². The van der Waals surface area contributed by atoms with Crippen LogP contribution in [0, 0.1) is 18.4 Å². The van der Waals surface area contributed by atoms with E-state index in [0.29, 0.717) is 0 Å². The highest BCUT2D eigenvalue weighted by Gasteiger charge is 2.34. The Morgan fingerprint density at radius 1 is 1.86 bits per heavy atom. The van der Waals surface area contributed by atoms with Gasteiger partial charge in [0.05, 0.1) is 0 Å². The van der Waals surface area contributed by atoms with Gasteiger partial charge in [0.15, 0.2) is 0 Å². The van der Waals surface area contributed by atoms with Gasteiger partial charge in [0.1, 0.15) is 0 Å². The van der Waals surface area contributed by atoms with Crippen LogP contribution in [0.1, 0.15) is 13.3 Å². The van der Waals surface area contributed by atoms with Crippen LogP contribution in [0.4, 0.5) is 0 Å². The van der Waals surface area contributed by atoms with E-state index in [2.05, 4.69) is 11.8 Å². The van der Waals surface area contributed by atoms with E-state index < -0.39 is 0 Å². The maximum absolute atomic E-state index is 6.49. The Bertz CT molecular complexity index is 101. The molecule has 38 valence electrons. The summed E-state index contributed by atoms with van der Waals surface area (Å²) in [6.45, 7) is 9.46. The minimum atomic E-state index is 0.762. The quantitative estimate of drug-likeness (QED) is 0.435. The highest BCUT2D eigenvalue weighted by molar-refractivity contribution is 4.87. The van der Waals surface area contributed by atoms with E-state index in [9.17, 15) is 0 Å². The average Bonchev–Trinajstić information content (AvgIpc) is 2.22. The summed E-state index contributed by atoms with van der Waals surface area (Å²) in [6, 6.07) is 0. The molecule has 2 atom stereocenters. The monoisotopic (exact) mass is 95.1 g/mol. The average molecular weight is 95.1 g/mol. The molecule has 1 heteroatoms. The van der Waals surface area contributed by atoms with Crippen molar-refractivity contribution in [2.24, 2.45) is 11.8 Å². The summed E-state index contributed by atoms with van der Waals surface area (Å²) in [5, 5.41) is 0. The lowest BCUT2D eigenvalue weighted by atomic mass is 10.3. The first-order valence-corrected chi connectivity index (χ1v) is 2.68. The van der Waals surface area contributed by atoms with Crippen LogP contribution >= 0.6 is 0 Å². The van der Waals surface area contributed by atoms with Crippen molar-refractivity contribution >= 4 is 0 Å². The maximum Gasteiger partial charge on any atom is 0.217 e. The molecule has 0 aromatic carbocycles. The second-order valence-corrected chi connectivity index (χ2v) is 2.31. The molecular formula is C6H9N. The SMILES string of the molecule is [C-]#[N+]C[C@H]1C[C@@H]1C. The van der Waals surface area contributed by atoms with E-state index >= 15 is 0 Å². The van der Waals surface area contributed by atoms with Gasteiger partial charge in [0.25, 0.3) is 0 Å². The molecule has 0 aliphatic heterocycles. The van der Waals surface area contributed by atoms with E-state index in [0.717, 1.165) is 18.4 Å². The van der Waals surface area contributed by atoms with Gasteiger partial charge >= 0.3 is 0 Å². The van der Waals surface area contributed by atoms with Gasteiger partial charge in [-0.1, -0.05) is 6.92 Å². The van der Waals surface area contributed by atoms with Crippen LogP contribution in [0.2, 0.25) is 0 Å². The lowest BCUT2D eigenvalue weighted by Gasteiger charge is -1.75. The smallest absolute Gasteiger partial charge is 0.217 e. The highest BCUT2D eigenvalue weighted by atomic mass is 14.7. The minimum Gasteiger partial charge on any atom is -0.317 e. The van der Waals surface area contributed by atoms with Crippen molar-refractivity contribution in [1.29, 1.82) is 0 Å². The first-order chi connectivity index (χ1) is 3.34. The van der Waals surface area contributed by atoms with E-state index in [4.69, 9.17) is 6.57 Å². The standard InChI is InChI=1S/C6H9N/c1-5-3-6(5)4-7-2/h5-6H,3-4H2,1H3/t5-,6+/m0/s1. The van der Waals surface area contributed by atoms with E-state index in [-0.39, 0.29) is 0 Å². The topological polar surface area (TPSA) is 4.36 Å². The van der Waals surface area contributed by atoms with E-state index in [1.165, 1.54) is 6.42 Å². The van der Waals surface area contributed by atoms with Crippen LogP contribution in [0.3, 0.4) is 0 Å². The summed E-state index contributed by atoms with van der Waals surface area (Å²) in [6.07, 6.45) is 1.29. The van der Waals surface area contributed by atoms with Crippen LogP contribution in [-0.2, 0) is 0 Å². The van der Waals surface area contributed by atoms with Crippen molar-refractivity contribution in [1.82, 2.24) is 0 Å². The van der Waals surface area contributed by atoms with Gasteiger partial charge in [-0.15, -0.1) is 0 Å². The second-order valence-electron chi connectivity index (χ2n) is 2.31. The highest BCUT2D eigenvalue weighted by Crippen LogP contribution is 2.37. The van der Waals surface area contributed by atoms with Crippen molar-refractivity contribution in [3.63, 3.8) is 0 Å². The van der Waals surface area contributed by atoms with Crippen LogP contribution in [0.5, 0.6) is 0 Å². The predicted octanol–water partition coefficient (Wildman–Crippen LogP) is 1.56. The second kappa shape index (κ2) is 1.54. The molecular weight excluding hydrogens is 86.1 g/mol. The van der Waals surface area contributed by atoms with Crippen molar-refractivity contribution in [3.05, 3.63) is 11.4 Å². The van der Waals surface area contributed by atoms with Gasteiger partial charge in [-0.25, -0.2) is 6.57 Å². The Kier molecular flexibility index (Phi) is 1.02. The van der Waals surface area contributed by atoms with Crippen LogP contribution in [-0.4, -0.2) is 6.54 Å². The normalized spacial score (nSPS) is 37.1. The molecule has 1 rings (SSSR count). The minimum absolute atomic E-state index is 0.762. The third-order valence-corrected chi connectivity index (χ3v) is 1.60. The maximum atomic E-state index is 6.49. The molecule has 1 nitrogen and oxygen atoms in total. The molecule has 0 saturated heterocycles. The molecule has 1 aliphatic carbocycles. The lowest BCUT2D eigenvalue weighted by Crippen LogP contribution is -1.78. The van der Waals surface area contributed by atoms with Gasteiger partial charge in [0, 0.05) is 5.92 Å². The molecule has 7 heavy (non-hydrogen) atoms. The van der Waals surface area contributed by atoms with Gasteiger partial charge in [-0.3, -0.25) is 0 Å². The Hall–Kier alpha value is -0.510. The third-order valence-electron chi connectivity index (χ3n) is 1.60. The molecule has 0 spiro atoms. The Balaban J connectivity index is 2.12. The number of hydrogen-bond acceptors (Lipinski definition) is 0. The molecule has 0 aromatic rings. The third kappa shape index (κ3) is 0.928. The molecule has 0 aromatic heterocycles.